The van der Waals surface area contributed by atoms with E-state index >= 15 is 0 Å². The minimum absolute atomic E-state index is 0.281. The standard InChI is InChI=1S/C17H15NO2/c1-2-11-7-9-18-8-3-4-12-10-13-5-6-14(19)20-17(13)15(11)16(12)18/h3-7,9-11H,2,8H2,1H3. The van der Waals surface area contributed by atoms with Gasteiger partial charge in [-0.05, 0) is 24.1 Å². The summed E-state index contributed by atoms with van der Waals surface area (Å²) in [6.07, 6.45) is 9.67. The molecule has 2 aliphatic heterocycles. The summed E-state index contributed by atoms with van der Waals surface area (Å²) in [5, 5.41) is 0.999. The van der Waals surface area contributed by atoms with Gasteiger partial charge in [-0.2, -0.15) is 0 Å². The molecule has 3 heterocycles. The normalized spacial score (nSPS) is 19.4. The van der Waals surface area contributed by atoms with E-state index < -0.39 is 0 Å². The first-order chi connectivity index (χ1) is 9.78. The number of nitrogens with zero attached hydrogens (tertiary/aromatic N) is 1. The van der Waals surface area contributed by atoms with E-state index in [1.165, 1.54) is 17.3 Å². The van der Waals surface area contributed by atoms with Gasteiger partial charge >= 0.3 is 5.63 Å². The molecule has 0 bridgehead atoms. The maximum Gasteiger partial charge on any atom is 0.336 e. The molecule has 3 heteroatoms. The Labute approximate surface area is 116 Å². The average Bonchev–Trinajstić information content (AvgIpc) is 2.48. The summed E-state index contributed by atoms with van der Waals surface area (Å²) in [5.74, 6) is 0.306. The molecule has 3 nitrogen and oxygen atoms in total. The van der Waals surface area contributed by atoms with Crippen LogP contribution in [0.15, 0.2) is 45.8 Å². The summed E-state index contributed by atoms with van der Waals surface area (Å²) < 4.78 is 5.52. The lowest BCUT2D eigenvalue weighted by Gasteiger charge is -2.33. The fraction of sp³-hybridized carbons (Fsp3) is 0.235. The number of rotatable bonds is 1. The quantitative estimate of drug-likeness (QED) is 0.738. The molecule has 1 aromatic heterocycles. The number of hydrogen-bond donors (Lipinski definition) is 0. The van der Waals surface area contributed by atoms with Gasteiger partial charge in [0, 0.05) is 35.7 Å². The van der Waals surface area contributed by atoms with E-state index in [1.807, 2.05) is 6.07 Å². The van der Waals surface area contributed by atoms with E-state index in [4.69, 9.17) is 4.42 Å². The lowest BCUT2D eigenvalue weighted by atomic mass is 9.87. The second-order valence-corrected chi connectivity index (χ2v) is 5.31. The van der Waals surface area contributed by atoms with Gasteiger partial charge in [-0.1, -0.05) is 25.2 Å². The van der Waals surface area contributed by atoms with Crippen LogP contribution in [0.1, 0.15) is 30.4 Å². The van der Waals surface area contributed by atoms with Gasteiger partial charge in [0.2, 0.25) is 0 Å². The van der Waals surface area contributed by atoms with Gasteiger partial charge in [0.1, 0.15) is 5.58 Å². The molecule has 1 atom stereocenters. The predicted molar refractivity (Wildman–Crippen MR) is 81.0 cm³/mol. The summed E-state index contributed by atoms with van der Waals surface area (Å²) in [4.78, 5) is 13.8. The summed E-state index contributed by atoms with van der Waals surface area (Å²) in [7, 11) is 0. The van der Waals surface area contributed by atoms with Crippen LogP contribution in [-0.2, 0) is 0 Å². The maximum atomic E-state index is 11.6. The molecule has 4 rings (SSSR count). The van der Waals surface area contributed by atoms with Crippen molar-refractivity contribution in [2.24, 2.45) is 0 Å². The van der Waals surface area contributed by atoms with Crippen LogP contribution in [0, 0.1) is 0 Å². The summed E-state index contributed by atoms with van der Waals surface area (Å²) in [6, 6.07) is 5.45. The third-order valence-corrected chi connectivity index (χ3v) is 4.14. The van der Waals surface area contributed by atoms with Crippen molar-refractivity contribution >= 4 is 22.7 Å². The molecule has 0 saturated heterocycles. The molecule has 2 aromatic rings. The van der Waals surface area contributed by atoms with Crippen LogP contribution in [0.2, 0.25) is 0 Å². The Hall–Kier alpha value is -2.29. The smallest absolute Gasteiger partial charge is 0.336 e. The zero-order valence-electron chi connectivity index (χ0n) is 11.3. The molecular formula is C17H15NO2. The highest BCUT2D eigenvalue weighted by Crippen LogP contribution is 2.44. The Kier molecular flexibility index (Phi) is 2.36. The molecule has 0 radical (unpaired) electrons. The average molecular weight is 265 g/mol. The molecule has 0 aliphatic carbocycles. The maximum absolute atomic E-state index is 11.6. The molecule has 0 fully saturated rings. The molecule has 2 aliphatic rings. The molecule has 20 heavy (non-hydrogen) atoms. The summed E-state index contributed by atoms with van der Waals surface area (Å²) >= 11 is 0. The predicted octanol–water partition coefficient (Wildman–Crippen LogP) is 3.65. The molecule has 0 amide bonds. The van der Waals surface area contributed by atoms with E-state index in [-0.39, 0.29) is 5.63 Å². The van der Waals surface area contributed by atoms with Crippen LogP contribution in [0.4, 0.5) is 5.69 Å². The van der Waals surface area contributed by atoms with Crippen LogP contribution in [0.5, 0.6) is 0 Å². The number of anilines is 1. The van der Waals surface area contributed by atoms with Gasteiger partial charge in [-0.15, -0.1) is 0 Å². The third kappa shape index (κ3) is 1.49. The minimum atomic E-state index is -0.281. The minimum Gasteiger partial charge on any atom is -0.422 e. The second-order valence-electron chi connectivity index (χ2n) is 5.31. The van der Waals surface area contributed by atoms with Crippen molar-refractivity contribution in [1.29, 1.82) is 0 Å². The number of hydrogen-bond acceptors (Lipinski definition) is 3. The fourth-order valence-electron chi connectivity index (χ4n) is 3.21. The van der Waals surface area contributed by atoms with Gasteiger partial charge < -0.3 is 9.32 Å². The van der Waals surface area contributed by atoms with Crippen LogP contribution < -0.4 is 10.5 Å². The second kappa shape index (κ2) is 4.10. The van der Waals surface area contributed by atoms with E-state index in [2.05, 4.69) is 42.3 Å². The van der Waals surface area contributed by atoms with Crippen LogP contribution >= 0.6 is 0 Å². The Morgan fingerprint density at radius 3 is 3.15 bits per heavy atom. The Bertz CT molecular complexity index is 814. The van der Waals surface area contributed by atoms with Crippen molar-refractivity contribution in [3.8, 4) is 0 Å². The molecule has 0 spiro atoms. The van der Waals surface area contributed by atoms with Crippen molar-refractivity contribution in [2.45, 2.75) is 19.3 Å². The van der Waals surface area contributed by atoms with Gasteiger partial charge in [0.05, 0.1) is 5.69 Å². The highest BCUT2D eigenvalue weighted by molar-refractivity contribution is 5.93. The number of fused-ring (bicyclic) bond motifs is 2. The van der Waals surface area contributed by atoms with Gasteiger partial charge in [0.25, 0.3) is 0 Å². The molecule has 100 valence electrons. The lowest BCUT2D eigenvalue weighted by Crippen LogP contribution is -2.25. The van der Waals surface area contributed by atoms with Crippen molar-refractivity contribution in [3.05, 3.63) is 58.1 Å². The van der Waals surface area contributed by atoms with Gasteiger partial charge in [-0.3, -0.25) is 0 Å². The highest BCUT2D eigenvalue weighted by atomic mass is 16.4. The topological polar surface area (TPSA) is 33.5 Å². The zero-order valence-corrected chi connectivity index (χ0v) is 11.3. The van der Waals surface area contributed by atoms with E-state index in [0.29, 0.717) is 5.92 Å². The van der Waals surface area contributed by atoms with E-state index in [9.17, 15) is 4.79 Å². The van der Waals surface area contributed by atoms with Crippen LogP contribution in [0.3, 0.4) is 0 Å². The SMILES string of the molecule is CCC1C=CN2CC=Cc3cc4ccc(=O)oc4c1c32. The van der Waals surface area contributed by atoms with Crippen molar-refractivity contribution in [1.82, 2.24) is 0 Å². The monoisotopic (exact) mass is 265 g/mol. The Morgan fingerprint density at radius 1 is 1.40 bits per heavy atom. The van der Waals surface area contributed by atoms with Crippen LogP contribution in [-0.4, -0.2) is 6.54 Å². The van der Waals surface area contributed by atoms with Crippen molar-refractivity contribution in [2.75, 3.05) is 11.4 Å². The summed E-state index contributed by atoms with van der Waals surface area (Å²) in [6.45, 7) is 3.03. The molecule has 0 N–H and O–H groups in total. The molecule has 1 unspecified atom stereocenters. The summed E-state index contributed by atoms with van der Waals surface area (Å²) in [5.41, 5.74) is 4.02. The van der Waals surface area contributed by atoms with Crippen LogP contribution in [0.25, 0.3) is 17.0 Å². The van der Waals surface area contributed by atoms with E-state index in [1.54, 1.807) is 0 Å². The van der Waals surface area contributed by atoms with Gasteiger partial charge in [-0.25, -0.2) is 4.79 Å². The fourth-order valence-corrected chi connectivity index (χ4v) is 3.21. The lowest BCUT2D eigenvalue weighted by molar-refractivity contribution is 0.553. The molecular weight excluding hydrogens is 250 g/mol. The van der Waals surface area contributed by atoms with Crippen molar-refractivity contribution < 1.29 is 4.42 Å². The Balaban J connectivity index is 2.17. The van der Waals surface area contributed by atoms with Crippen molar-refractivity contribution in [3.63, 3.8) is 0 Å². The van der Waals surface area contributed by atoms with E-state index in [0.717, 1.165) is 29.5 Å². The number of benzene rings is 1. The molecule has 0 saturated carbocycles. The third-order valence-electron chi connectivity index (χ3n) is 4.14. The first-order valence-electron chi connectivity index (χ1n) is 7.00. The number of allylic oxidation sites excluding steroid dienone is 1. The first kappa shape index (κ1) is 11.5. The van der Waals surface area contributed by atoms with Gasteiger partial charge in [0.15, 0.2) is 0 Å². The Morgan fingerprint density at radius 2 is 2.30 bits per heavy atom. The largest absolute Gasteiger partial charge is 0.422 e. The molecule has 1 aromatic carbocycles. The highest BCUT2D eigenvalue weighted by Gasteiger charge is 2.27. The zero-order chi connectivity index (χ0) is 13.7. The first-order valence-corrected chi connectivity index (χ1v) is 7.00.